The smallest absolute Gasteiger partial charge is 0.235 e. The van der Waals surface area contributed by atoms with E-state index in [-0.39, 0.29) is 17.4 Å². The maximum Gasteiger partial charge on any atom is 0.235 e. The van der Waals surface area contributed by atoms with E-state index in [1.165, 1.54) is 0 Å². The molecule has 18 heavy (non-hydrogen) atoms. The molecule has 2 atom stereocenters. The standard InChI is InChI=1S/C13H18N2O2S/c1-17-13(10-6-3-2-4-7-10)18-15-9-5-8-11(15)12(14)16/h2-4,6-7,11,13H,5,8-9H2,1H3,(H2,14,16). The predicted molar refractivity (Wildman–Crippen MR) is 72.7 cm³/mol. The van der Waals surface area contributed by atoms with Crippen molar-refractivity contribution in [2.24, 2.45) is 5.73 Å². The summed E-state index contributed by atoms with van der Waals surface area (Å²) in [4.78, 5) is 11.3. The van der Waals surface area contributed by atoms with Gasteiger partial charge in [-0.2, -0.15) is 0 Å². The normalized spacial score (nSPS) is 21.9. The molecule has 4 nitrogen and oxygen atoms in total. The van der Waals surface area contributed by atoms with Crippen molar-refractivity contribution in [2.45, 2.75) is 24.3 Å². The first-order valence-corrected chi connectivity index (χ1v) is 6.86. The number of carbonyl (C=O) groups is 1. The summed E-state index contributed by atoms with van der Waals surface area (Å²) in [6.45, 7) is 0.880. The number of hydrogen-bond donors (Lipinski definition) is 1. The molecule has 1 fully saturated rings. The van der Waals surface area contributed by atoms with Crippen molar-refractivity contribution in [3.8, 4) is 0 Å². The average Bonchev–Trinajstić information content (AvgIpc) is 2.85. The van der Waals surface area contributed by atoms with Crippen LogP contribution in [0.15, 0.2) is 30.3 Å². The zero-order valence-corrected chi connectivity index (χ0v) is 11.2. The first-order valence-electron chi connectivity index (χ1n) is 6.03. The fraction of sp³-hybridized carbons (Fsp3) is 0.462. The highest BCUT2D eigenvalue weighted by atomic mass is 32.2. The summed E-state index contributed by atoms with van der Waals surface area (Å²) in [6.07, 6.45) is 1.85. The molecule has 1 aromatic carbocycles. The third kappa shape index (κ3) is 3.04. The maximum atomic E-state index is 11.3. The van der Waals surface area contributed by atoms with Gasteiger partial charge in [0.05, 0.1) is 6.04 Å². The van der Waals surface area contributed by atoms with Gasteiger partial charge in [-0.15, -0.1) is 0 Å². The lowest BCUT2D eigenvalue weighted by molar-refractivity contribution is -0.120. The van der Waals surface area contributed by atoms with Crippen LogP contribution in [-0.4, -0.2) is 29.9 Å². The van der Waals surface area contributed by atoms with E-state index in [9.17, 15) is 4.79 Å². The summed E-state index contributed by atoms with van der Waals surface area (Å²) < 4.78 is 7.54. The summed E-state index contributed by atoms with van der Waals surface area (Å²) >= 11 is 1.55. The summed E-state index contributed by atoms with van der Waals surface area (Å²) in [7, 11) is 1.68. The van der Waals surface area contributed by atoms with Crippen molar-refractivity contribution in [1.29, 1.82) is 0 Å². The van der Waals surface area contributed by atoms with Crippen LogP contribution < -0.4 is 5.73 Å². The summed E-state index contributed by atoms with van der Waals surface area (Å²) in [5.74, 6) is -0.247. The van der Waals surface area contributed by atoms with Gasteiger partial charge >= 0.3 is 0 Å². The lowest BCUT2D eigenvalue weighted by Gasteiger charge is -2.25. The Kier molecular flexibility index (Phi) is 4.63. The molecule has 5 heteroatoms. The van der Waals surface area contributed by atoms with Gasteiger partial charge in [-0.05, 0) is 30.4 Å². The minimum absolute atomic E-state index is 0.0915. The molecule has 1 amide bonds. The van der Waals surface area contributed by atoms with E-state index in [0.717, 1.165) is 24.9 Å². The summed E-state index contributed by atoms with van der Waals surface area (Å²) in [5, 5.41) is 0. The Balaban J connectivity index is 2.05. The van der Waals surface area contributed by atoms with Crippen LogP contribution in [0.25, 0.3) is 0 Å². The highest BCUT2D eigenvalue weighted by Crippen LogP contribution is 2.36. The van der Waals surface area contributed by atoms with E-state index in [1.54, 1.807) is 19.1 Å². The van der Waals surface area contributed by atoms with Crippen LogP contribution >= 0.6 is 11.9 Å². The predicted octanol–water partition coefficient (Wildman–Crippen LogP) is 1.93. The lowest BCUT2D eigenvalue weighted by atomic mass is 10.2. The topological polar surface area (TPSA) is 55.6 Å². The van der Waals surface area contributed by atoms with E-state index in [4.69, 9.17) is 10.5 Å². The number of rotatable bonds is 5. The van der Waals surface area contributed by atoms with Crippen LogP contribution in [0.4, 0.5) is 0 Å². The largest absolute Gasteiger partial charge is 0.368 e. The van der Waals surface area contributed by atoms with E-state index in [1.807, 2.05) is 34.6 Å². The number of ether oxygens (including phenoxy) is 1. The fourth-order valence-corrected chi connectivity index (χ4v) is 3.33. The van der Waals surface area contributed by atoms with Crippen molar-refractivity contribution in [2.75, 3.05) is 13.7 Å². The number of primary amides is 1. The van der Waals surface area contributed by atoms with Gasteiger partial charge in [0.25, 0.3) is 0 Å². The molecule has 1 aliphatic heterocycles. The number of nitrogens with two attached hydrogens (primary N) is 1. The number of carbonyl (C=O) groups excluding carboxylic acids is 1. The van der Waals surface area contributed by atoms with Crippen LogP contribution in [-0.2, 0) is 9.53 Å². The first kappa shape index (κ1) is 13.4. The van der Waals surface area contributed by atoms with Crippen LogP contribution in [0, 0.1) is 0 Å². The molecule has 1 heterocycles. The Bertz CT molecular complexity index is 399. The third-order valence-corrected chi connectivity index (χ3v) is 4.41. The van der Waals surface area contributed by atoms with Gasteiger partial charge in [-0.25, -0.2) is 4.31 Å². The molecule has 0 aliphatic carbocycles. The average molecular weight is 266 g/mol. The molecular weight excluding hydrogens is 248 g/mol. The number of nitrogens with zero attached hydrogens (tertiary/aromatic N) is 1. The Morgan fingerprint density at radius 2 is 2.22 bits per heavy atom. The van der Waals surface area contributed by atoms with Crippen molar-refractivity contribution in [1.82, 2.24) is 4.31 Å². The Labute approximate surface area is 112 Å². The number of amides is 1. The lowest BCUT2D eigenvalue weighted by Crippen LogP contribution is -2.36. The minimum Gasteiger partial charge on any atom is -0.368 e. The molecule has 0 saturated carbocycles. The maximum absolute atomic E-state index is 11.3. The van der Waals surface area contributed by atoms with Crippen LogP contribution in [0.1, 0.15) is 23.8 Å². The Morgan fingerprint density at radius 1 is 1.50 bits per heavy atom. The molecule has 1 aliphatic rings. The zero-order chi connectivity index (χ0) is 13.0. The monoisotopic (exact) mass is 266 g/mol. The quantitative estimate of drug-likeness (QED) is 0.653. The number of hydrogen-bond acceptors (Lipinski definition) is 4. The van der Waals surface area contributed by atoms with Gasteiger partial charge in [0.1, 0.15) is 5.44 Å². The second-order valence-electron chi connectivity index (χ2n) is 4.28. The summed E-state index contributed by atoms with van der Waals surface area (Å²) in [6, 6.07) is 9.82. The highest BCUT2D eigenvalue weighted by Gasteiger charge is 2.31. The second-order valence-corrected chi connectivity index (χ2v) is 5.39. The van der Waals surface area contributed by atoms with Crippen molar-refractivity contribution in [3.05, 3.63) is 35.9 Å². The SMILES string of the molecule is COC(SN1CCCC1C(N)=O)c1ccccc1. The molecule has 2 N–H and O–H groups in total. The molecule has 0 bridgehead atoms. The van der Waals surface area contributed by atoms with Crippen molar-refractivity contribution >= 4 is 17.9 Å². The van der Waals surface area contributed by atoms with E-state index < -0.39 is 0 Å². The molecule has 0 radical (unpaired) electrons. The molecule has 98 valence electrons. The molecule has 1 aromatic rings. The van der Waals surface area contributed by atoms with Crippen LogP contribution in [0.2, 0.25) is 0 Å². The van der Waals surface area contributed by atoms with Crippen LogP contribution in [0.5, 0.6) is 0 Å². The van der Waals surface area contributed by atoms with E-state index in [2.05, 4.69) is 0 Å². The Morgan fingerprint density at radius 3 is 2.83 bits per heavy atom. The van der Waals surface area contributed by atoms with Crippen molar-refractivity contribution in [3.63, 3.8) is 0 Å². The molecule has 2 unspecified atom stereocenters. The van der Waals surface area contributed by atoms with E-state index >= 15 is 0 Å². The Hall–Kier alpha value is -1.04. The molecule has 0 spiro atoms. The first-order chi connectivity index (χ1) is 8.72. The summed E-state index contributed by atoms with van der Waals surface area (Å²) in [5.41, 5.74) is 6.42. The van der Waals surface area contributed by atoms with Crippen LogP contribution in [0.3, 0.4) is 0 Å². The molecule has 0 aromatic heterocycles. The number of benzene rings is 1. The van der Waals surface area contributed by atoms with Crippen molar-refractivity contribution < 1.29 is 9.53 Å². The second kappa shape index (κ2) is 6.22. The number of methoxy groups -OCH3 is 1. The van der Waals surface area contributed by atoms with Gasteiger partial charge in [0, 0.05) is 13.7 Å². The van der Waals surface area contributed by atoms with Gasteiger partial charge in [-0.1, -0.05) is 30.3 Å². The van der Waals surface area contributed by atoms with Gasteiger partial charge < -0.3 is 10.5 Å². The highest BCUT2D eigenvalue weighted by molar-refractivity contribution is 7.97. The van der Waals surface area contributed by atoms with Gasteiger partial charge in [-0.3, -0.25) is 4.79 Å². The zero-order valence-electron chi connectivity index (χ0n) is 10.4. The minimum atomic E-state index is -0.247. The van der Waals surface area contributed by atoms with E-state index in [0.29, 0.717) is 0 Å². The molecule has 2 rings (SSSR count). The third-order valence-electron chi connectivity index (χ3n) is 3.05. The molecule has 1 saturated heterocycles. The fourth-order valence-electron chi connectivity index (χ4n) is 2.12. The van der Waals surface area contributed by atoms with Gasteiger partial charge in [0.2, 0.25) is 5.91 Å². The van der Waals surface area contributed by atoms with Gasteiger partial charge in [0.15, 0.2) is 0 Å². The molecular formula is C13H18N2O2S.